The largest absolute Gasteiger partial charge is 0.463 e. The quantitative estimate of drug-likeness (QED) is 0.532. The highest BCUT2D eigenvalue weighted by atomic mass is 32.2. The lowest BCUT2D eigenvalue weighted by atomic mass is 10.2. The van der Waals surface area contributed by atoms with Crippen molar-refractivity contribution in [3.63, 3.8) is 0 Å². The van der Waals surface area contributed by atoms with Gasteiger partial charge in [0.25, 0.3) is 5.91 Å². The van der Waals surface area contributed by atoms with Crippen LogP contribution in [0.2, 0.25) is 0 Å². The second-order valence-corrected chi connectivity index (χ2v) is 11.2. The lowest BCUT2D eigenvalue weighted by Crippen LogP contribution is -2.48. The summed E-state index contributed by atoms with van der Waals surface area (Å²) in [5.74, 6) is 0.710. The summed E-state index contributed by atoms with van der Waals surface area (Å²) in [5.41, 5.74) is 1.37. The third-order valence-corrected chi connectivity index (χ3v) is 8.89. The van der Waals surface area contributed by atoms with Crippen molar-refractivity contribution in [2.24, 2.45) is 0 Å². The molecule has 2 aliphatic heterocycles. The number of hydrogen-bond acceptors (Lipinski definition) is 7. The van der Waals surface area contributed by atoms with E-state index in [-0.39, 0.29) is 10.8 Å². The number of benzene rings is 1. The van der Waals surface area contributed by atoms with Crippen molar-refractivity contribution in [2.45, 2.75) is 24.3 Å². The van der Waals surface area contributed by atoms with Gasteiger partial charge in [-0.05, 0) is 49.2 Å². The zero-order valence-electron chi connectivity index (χ0n) is 18.2. The standard InChI is InChI=1S/C23H26N4O4S2/c28-23(18-5-7-19(8-6-18)33(29,30)27-9-1-2-10-27)26-13-11-25(12-14-26)16-22-24-20(17-32-22)21-4-3-15-31-21/h3-8,15,17H,1-2,9-14,16H2. The van der Waals surface area contributed by atoms with Crippen LogP contribution in [0.15, 0.2) is 57.4 Å². The van der Waals surface area contributed by atoms with Crippen LogP contribution in [0.5, 0.6) is 0 Å². The number of thiazole rings is 1. The van der Waals surface area contributed by atoms with E-state index in [1.54, 1.807) is 41.9 Å². The molecule has 0 radical (unpaired) electrons. The van der Waals surface area contributed by atoms with Crippen LogP contribution in [0.25, 0.3) is 11.5 Å². The number of sulfonamides is 1. The highest BCUT2D eigenvalue weighted by Gasteiger charge is 2.28. The van der Waals surface area contributed by atoms with Gasteiger partial charge in [0.05, 0.1) is 17.7 Å². The minimum atomic E-state index is -3.46. The van der Waals surface area contributed by atoms with E-state index in [2.05, 4.69) is 9.88 Å². The SMILES string of the molecule is O=C(c1ccc(S(=O)(=O)N2CCCC2)cc1)N1CCN(Cc2nc(-c3ccco3)cs2)CC1. The fourth-order valence-electron chi connectivity index (χ4n) is 4.25. The Morgan fingerprint density at radius 3 is 2.39 bits per heavy atom. The lowest BCUT2D eigenvalue weighted by molar-refractivity contribution is 0.0628. The topological polar surface area (TPSA) is 87.0 Å². The monoisotopic (exact) mass is 486 g/mol. The zero-order chi connectivity index (χ0) is 22.8. The zero-order valence-corrected chi connectivity index (χ0v) is 19.9. The van der Waals surface area contributed by atoms with Crippen LogP contribution in [-0.2, 0) is 16.6 Å². The molecule has 3 aromatic rings. The van der Waals surface area contributed by atoms with Gasteiger partial charge in [0.1, 0.15) is 10.7 Å². The molecule has 10 heteroatoms. The molecule has 0 bridgehead atoms. The number of aromatic nitrogens is 1. The van der Waals surface area contributed by atoms with Crippen LogP contribution < -0.4 is 0 Å². The number of carbonyl (C=O) groups excluding carboxylic acids is 1. The van der Waals surface area contributed by atoms with Gasteiger partial charge in [-0.2, -0.15) is 4.31 Å². The first-order chi connectivity index (χ1) is 16.0. The molecule has 0 atom stereocenters. The van der Waals surface area contributed by atoms with Crippen LogP contribution in [0.4, 0.5) is 0 Å². The molecule has 2 aromatic heterocycles. The van der Waals surface area contributed by atoms with Gasteiger partial charge in [-0.25, -0.2) is 13.4 Å². The number of carbonyl (C=O) groups is 1. The molecule has 2 fully saturated rings. The molecule has 4 heterocycles. The maximum absolute atomic E-state index is 12.9. The van der Waals surface area contributed by atoms with Gasteiger partial charge in [0.15, 0.2) is 5.76 Å². The summed E-state index contributed by atoms with van der Waals surface area (Å²) in [4.78, 5) is 22.0. The maximum Gasteiger partial charge on any atom is 0.253 e. The molecular formula is C23H26N4O4S2. The number of rotatable bonds is 6. The highest BCUT2D eigenvalue weighted by molar-refractivity contribution is 7.89. The summed E-state index contributed by atoms with van der Waals surface area (Å²) in [6, 6.07) is 10.1. The molecule has 33 heavy (non-hydrogen) atoms. The van der Waals surface area contributed by atoms with Gasteiger partial charge in [-0.3, -0.25) is 9.69 Å². The number of furan rings is 1. The Kier molecular flexibility index (Phi) is 6.33. The average Bonchev–Trinajstić information content (AvgIpc) is 3.62. The summed E-state index contributed by atoms with van der Waals surface area (Å²) >= 11 is 1.61. The Balaban J connectivity index is 1.16. The van der Waals surface area contributed by atoms with Gasteiger partial charge in [0, 0.05) is 50.2 Å². The first-order valence-electron chi connectivity index (χ1n) is 11.1. The van der Waals surface area contributed by atoms with E-state index >= 15 is 0 Å². The molecule has 2 aliphatic rings. The first-order valence-corrected chi connectivity index (χ1v) is 13.4. The molecule has 2 saturated heterocycles. The molecule has 1 aromatic carbocycles. The van der Waals surface area contributed by atoms with Crippen LogP contribution in [0.3, 0.4) is 0 Å². The molecule has 0 aliphatic carbocycles. The number of piperazine rings is 1. The van der Waals surface area contributed by atoms with E-state index in [1.165, 1.54) is 4.31 Å². The van der Waals surface area contributed by atoms with Crippen LogP contribution in [0, 0.1) is 0 Å². The molecule has 174 valence electrons. The van der Waals surface area contributed by atoms with Gasteiger partial charge < -0.3 is 9.32 Å². The summed E-state index contributed by atoms with van der Waals surface area (Å²) < 4.78 is 32.3. The summed E-state index contributed by atoms with van der Waals surface area (Å²) in [5, 5.41) is 3.03. The number of hydrogen-bond donors (Lipinski definition) is 0. The maximum atomic E-state index is 12.9. The normalized spacial score (nSPS) is 18.1. The van der Waals surface area contributed by atoms with Crippen molar-refractivity contribution in [3.8, 4) is 11.5 Å². The van der Waals surface area contributed by atoms with Crippen molar-refractivity contribution in [1.82, 2.24) is 19.1 Å². The third-order valence-electron chi connectivity index (χ3n) is 6.15. The first kappa shape index (κ1) is 22.3. The summed E-state index contributed by atoms with van der Waals surface area (Å²) in [6.45, 7) is 4.67. The van der Waals surface area contributed by atoms with Crippen molar-refractivity contribution in [3.05, 3.63) is 58.6 Å². The van der Waals surface area contributed by atoms with E-state index in [4.69, 9.17) is 4.42 Å². The number of amides is 1. The Bertz CT molecular complexity index is 1190. The molecule has 8 nitrogen and oxygen atoms in total. The predicted octanol–water partition coefficient (Wildman–Crippen LogP) is 3.15. The molecule has 1 amide bonds. The number of nitrogens with zero attached hydrogens (tertiary/aromatic N) is 4. The van der Waals surface area contributed by atoms with Crippen LogP contribution >= 0.6 is 11.3 Å². The van der Waals surface area contributed by atoms with Gasteiger partial charge in [-0.1, -0.05) is 0 Å². The van der Waals surface area contributed by atoms with Gasteiger partial charge in [-0.15, -0.1) is 11.3 Å². The molecule has 0 N–H and O–H groups in total. The Labute approximate surface area is 197 Å². The van der Waals surface area contributed by atoms with E-state index in [0.29, 0.717) is 31.7 Å². The summed E-state index contributed by atoms with van der Waals surface area (Å²) in [6.07, 6.45) is 3.44. The van der Waals surface area contributed by atoms with Crippen molar-refractivity contribution < 1.29 is 17.6 Å². The van der Waals surface area contributed by atoms with Gasteiger partial charge >= 0.3 is 0 Å². The van der Waals surface area contributed by atoms with Crippen LogP contribution in [0.1, 0.15) is 28.2 Å². The minimum absolute atomic E-state index is 0.0610. The Morgan fingerprint density at radius 1 is 1.00 bits per heavy atom. The molecule has 0 spiro atoms. The highest BCUT2D eigenvalue weighted by Crippen LogP contribution is 2.24. The van der Waals surface area contributed by atoms with Crippen LogP contribution in [-0.4, -0.2) is 72.7 Å². The minimum Gasteiger partial charge on any atom is -0.463 e. The van der Waals surface area contributed by atoms with E-state index in [9.17, 15) is 13.2 Å². The smallest absolute Gasteiger partial charge is 0.253 e. The lowest BCUT2D eigenvalue weighted by Gasteiger charge is -2.34. The Hall–Kier alpha value is -2.53. The van der Waals surface area contributed by atoms with E-state index < -0.39 is 10.0 Å². The van der Waals surface area contributed by atoms with E-state index in [1.807, 2.05) is 22.4 Å². The predicted molar refractivity (Wildman–Crippen MR) is 125 cm³/mol. The van der Waals surface area contributed by atoms with Crippen molar-refractivity contribution >= 4 is 27.3 Å². The molecule has 0 unspecified atom stereocenters. The molecule has 5 rings (SSSR count). The van der Waals surface area contributed by atoms with Crippen molar-refractivity contribution in [1.29, 1.82) is 0 Å². The molecular weight excluding hydrogens is 460 g/mol. The second kappa shape index (κ2) is 9.38. The molecule has 0 saturated carbocycles. The summed E-state index contributed by atoms with van der Waals surface area (Å²) in [7, 11) is -3.46. The fourth-order valence-corrected chi connectivity index (χ4v) is 6.59. The second-order valence-electron chi connectivity index (χ2n) is 8.31. The van der Waals surface area contributed by atoms with Gasteiger partial charge in [0.2, 0.25) is 10.0 Å². The fraction of sp³-hybridized carbons (Fsp3) is 0.391. The van der Waals surface area contributed by atoms with Crippen molar-refractivity contribution in [2.75, 3.05) is 39.3 Å². The van der Waals surface area contributed by atoms with E-state index in [0.717, 1.165) is 48.9 Å². The third kappa shape index (κ3) is 4.74. The average molecular weight is 487 g/mol. The Morgan fingerprint density at radius 2 is 1.73 bits per heavy atom.